The molecule has 1 aromatic heterocycles. The molecule has 154 valence electrons. The van der Waals surface area contributed by atoms with Crippen molar-refractivity contribution in [1.29, 1.82) is 0 Å². The number of aliphatic hydroxyl groups is 1. The van der Waals surface area contributed by atoms with E-state index in [-0.39, 0.29) is 11.7 Å². The summed E-state index contributed by atoms with van der Waals surface area (Å²) in [7, 11) is 1.66. The van der Waals surface area contributed by atoms with Crippen molar-refractivity contribution < 1.29 is 14.6 Å². The summed E-state index contributed by atoms with van der Waals surface area (Å²) in [5.41, 5.74) is 0.830. The molecule has 3 unspecified atom stereocenters. The molecule has 0 aliphatic heterocycles. The zero-order valence-electron chi connectivity index (χ0n) is 17.0. The zero-order chi connectivity index (χ0) is 20.6. The number of hydrogen-bond donors (Lipinski definition) is 1. The van der Waals surface area contributed by atoms with Crippen LogP contribution in [0.2, 0.25) is 0 Å². The Bertz CT molecular complexity index is 950. The number of para-hydroxylation sites is 2. The maximum absolute atomic E-state index is 12.5. The van der Waals surface area contributed by atoms with Crippen LogP contribution in [0.3, 0.4) is 0 Å². The fourth-order valence-corrected chi connectivity index (χ4v) is 3.59. The average molecular weight is 395 g/mol. The van der Waals surface area contributed by atoms with Crippen LogP contribution in [0.15, 0.2) is 71.5 Å². The van der Waals surface area contributed by atoms with E-state index >= 15 is 0 Å². The number of benzene rings is 2. The van der Waals surface area contributed by atoms with Gasteiger partial charge in [-0.05, 0) is 36.1 Å². The molecule has 0 saturated heterocycles. The van der Waals surface area contributed by atoms with Gasteiger partial charge >= 0.3 is 0 Å². The second-order valence-electron chi connectivity index (χ2n) is 7.21. The molecule has 3 aromatic rings. The van der Waals surface area contributed by atoms with Gasteiger partial charge in [-0.25, -0.2) is 0 Å². The first kappa shape index (κ1) is 21.1. The first-order valence-corrected chi connectivity index (χ1v) is 10.1. The minimum atomic E-state index is -0.703. The van der Waals surface area contributed by atoms with Crippen LogP contribution in [0.4, 0.5) is 0 Å². The summed E-state index contributed by atoms with van der Waals surface area (Å²) in [6.07, 6.45) is 0.610. The summed E-state index contributed by atoms with van der Waals surface area (Å²) in [5.74, 6) is 0.701. The molecular weight excluding hydrogens is 366 g/mol. The van der Waals surface area contributed by atoms with E-state index in [1.807, 2.05) is 67.6 Å². The number of pyridine rings is 1. The fraction of sp³-hybridized carbons (Fsp3) is 0.375. The molecule has 1 heterocycles. The molecule has 5 heteroatoms. The van der Waals surface area contributed by atoms with Crippen molar-refractivity contribution >= 4 is 10.9 Å². The SMILES string of the molecule is CCC(CC(O)C(CCn1c(=O)ccc2ccccc21)Oc1ccccc1)OC. The lowest BCUT2D eigenvalue weighted by Crippen LogP contribution is -2.36. The molecule has 3 atom stereocenters. The van der Waals surface area contributed by atoms with Crippen molar-refractivity contribution in [2.45, 2.75) is 51.0 Å². The fourth-order valence-electron chi connectivity index (χ4n) is 3.59. The topological polar surface area (TPSA) is 60.7 Å². The molecule has 0 amide bonds. The summed E-state index contributed by atoms with van der Waals surface area (Å²) in [6, 6.07) is 20.7. The number of ether oxygens (including phenoxy) is 2. The van der Waals surface area contributed by atoms with Crippen LogP contribution < -0.4 is 10.3 Å². The van der Waals surface area contributed by atoms with Crippen LogP contribution >= 0.6 is 0 Å². The molecule has 0 fully saturated rings. The largest absolute Gasteiger partial charge is 0.488 e. The van der Waals surface area contributed by atoms with E-state index in [1.165, 1.54) is 0 Å². The van der Waals surface area contributed by atoms with Gasteiger partial charge in [0.05, 0.1) is 17.7 Å². The Morgan fingerprint density at radius 2 is 1.72 bits per heavy atom. The predicted octanol–water partition coefficient (Wildman–Crippen LogP) is 4.02. The first-order chi connectivity index (χ1) is 14.1. The third-order valence-corrected chi connectivity index (χ3v) is 5.29. The molecule has 2 aromatic carbocycles. The lowest BCUT2D eigenvalue weighted by Gasteiger charge is -2.27. The number of methoxy groups -OCH3 is 1. The van der Waals surface area contributed by atoms with E-state index in [1.54, 1.807) is 17.7 Å². The second kappa shape index (κ2) is 10.2. The lowest BCUT2D eigenvalue weighted by atomic mass is 10.0. The number of nitrogens with zero attached hydrogens (tertiary/aromatic N) is 1. The van der Waals surface area contributed by atoms with Gasteiger partial charge in [0.1, 0.15) is 11.9 Å². The first-order valence-electron chi connectivity index (χ1n) is 10.1. The van der Waals surface area contributed by atoms with Crippen molar-refractivity contribution in [2.24, 2.45) is 0 Å². The monoisotopic (exact) mass is 395 g/mol. The molecule has 0 aliphatic rings. The number of aliphatic hydroxyl groups excluding tert-OH is 1. The van der Waals surface area contributed by atoms with Crippen LogP contribution in [0, 0.1) is 0 Å². The lowest BCUT2D eigenvalue weighted by molar-refractivity contribution is -0.0167. The highest BCUT2D eigenvalue weighted by Crippen LogP contribution is 2.20. The van der Waals surface area contributed by atoms with Crippen LogP contribution in [0.5, 0.6) is 5.75 Å². The highest BCUT2D eigenvalue weighted by Gasteiger charge is 2.24. The van der Waals surface area contributed by atoms with E-state index in [0.29, 0.717) is 25.1 Å². The number of rotatable bonds is 10. The molecule has 3 rings (SSSR count). The van der Waals surface area contributed by atoms with Gasteiger partial charge in [0, 0.05) is 32.6 Å². The predicted molar refractivity (Wildman–Crippen MR) is 115 cm³/mol. The molecule has 29 heavy (non-hydrogen) atoms. The Labute approximate surface area is 171 Å². The van der Waals surface area contributed by atoms with E-state index in [0.717, 1.165) is 17.3 Å². The van der Waals surface area contributed by atoms with Gasteiger partial charge in [-0.15, -0.1) is 0 Å². The van der Waals surface area contributed by atoms with Gasteiger partial charge in [0.15, 0.2) is 0 Å². The Balaban J connectivity index is 1.81. The van der Waals surface area contributed by atoms with Crippen molar-refractivity contribution in [2.75, 3.05) is 7.11 Å². The minimum Gasteiger partial charge on any atom is -0.488 e. The Kier molecular flexibility index (Phi) is 7.44. The van der Waals surface area contributed by atoms with Gasteiger partial charge in [0.2, 0.25) is 0 Å². The Hall–Kier alpha value is -2.63. The number of aromatic nitrogens is 1. The maximum atomic E-state index is 12.5. The van der Waals surface area contributed by atoms with E-state index < -0.39 is 12.2 Å². The molecule has 1 N–H and O–H groups in total. The standard InChI is InChI=1S/C24H29NO4/c1-3-19(28-2)17-22(26)23(29-20-10-5-4-6-11-20)15-16-25-21-12-8-7-9-18(21)13-14-24(25)27/h4-14,19,22-23,26H,3,15-17H2,1-2H3. The van der Waals surface area contributed by atoms with Gasteiger partial charge < -0.3 is 19.1 Å². The Morgan fingerprint density at radius 1 is 1.00 bits per heavy atom. The third kappa shape index (κ3) is 5.46. The molecule has 0 aliphatic carbocycles. The number of hydrogen-bond acceptors (Lipinski definition) is 4. The van der Waals surface area contributed by atoms with Gasteiger partial charge in [-0.2, -0.15) is 0 Å². The average Bonchev–Trinajstić information content (AvgIpc) is 2.76. The summed E-state index contributed by atoms with van der Waals surface area (Å²) >= 11 is 0. The smallest absolute Gasteiger partial charge is 0.251 e. The second-order valence-corrected chi connectivity index (χ2v) is 7.21. The van der Waals surface area contributed by atoms with Crippen LogP contribution in [0.25, 0.3) is 10.9 Å². The number of fused-ring (bicyclic) bond motifs is 1. The molecule has 5 nitrogen and oxygen atoms in total. The normalized spacial score (nSPS) is 14.4. The molecule has 0 bridgehead atoms. The molecular formula is C24H29NO4. The molecule has 0 spiro atoms. The highest BCUT2D eigenvalue weighted by atomic mass is 16.5. The van der Waals surface area contributed by atoms with E-state index in [2.05, 4.69) is 0 Å². The van der Waals surface area contributed by atoms with Gasteiger partial charge in [-0.1, -0.05) is 43.3 Å². The minimum absolute atomic E-state index is 0.0350. The molecule has 0 radical (unpaired) electrons. The number of aryl methyl sites for hydroxylation is 1. The third-order valence-electron chi connectivity index (χ3n) is 5.29. The maximum Gasteiger partial charge on any atom is 0.251 e. The summed E-state index contributed by atoms with van der Waals surface area (Å²) in [4.78, 5) is 12.5. The molecule has 0 saturated carbocycles. The summed E-state index contributed by atoms with van der Waals surface area (Å²) < 4.78 is 13.3. The Morgan fingerprint density at radius 3 is 2.45 bits per heavy atom. The van der Waals surface area contributed by atoms with Crippen molar-refractivity contribution in [3.05, 3.63) is 77.1 Å². The van der Waals surface area contributed by atoms with E-state index in [9.17, 15) is 9.90 Å². The van der Waals surface area contributed by atoms with Crippen LogP contribution in [-0.4, -0.2) is 35.1 Å². The highest BCUT2D eigenvalue weighted by molar-refractivity contribution is 5.78. The van der Waals surface area contributed by atoms with Crippen LogP contribution in [0.1, 0.15) is 26.2 Å². The zero-order valence-corrected chi connectivity index (χ0v) is 17.0. The van der Waals surface area contributed by atoms with Crippen molar-refractivity contribution in [3.63, 3.8) is 0 Å². The van der Waals surface area contributed by atoms with Crippen LogP contribution in [-0.2, 0) is 11.3 Å². The quantitative estimate of drug-likeness (QED) is 0.563. The van der Waals surface area contributed by atoms with Crippen molar-refractivity contribution in [3.8, 4) is 5.75 Å². The van der Waals surface area contributed by atoms with E-state index in [4.69, 9.17) is 9.47 Å². The van der Waals surface area contributed by atoms with Gasteiger partial charge in [0.25, 0.3) is 5.56 Å². The summed E-state index contributed by atoms with van der Waals surface area (Å²) in [6.45, 7) is 2.49. The van der Waals surface area contributed by atoms with Crippen molar-refractivity contribution in [1.82, 2.24) is 4.57 Å². The summed E-state index contributed by atoms with van der Waals surface area (Å²) in [5, 5.41) is 11.9. The van der Waals surface area contributed by atoms with Gasteiger partial charge in [-0.3, -0.25) is 4.79 Å².